The van der Waals surface area contributed by atoms with E-state index in [0.29, 0.717) is 84.0 Å². The minimum absolute atomic E-state index is 0.121. The average molecular weight is 1190 g/mol. The van der Waals surface area contributed by atoms with Crippen molar-refractivity contribution >= 4 is 34.7 Å². The fourth-order valence-corrected chi connectivity index (χ4v) is 9.24. The first-order valence-corrected chi connectivity index (χ1v) is 27.1. The molecule has 0 aliphatic heterocycles. The number of carbonyl (C=O) groups is 6. The molecule has 438 valence electrons. The molecule has 0 unspecified atom stereocenters. The van der Waals surface area contributed by atoms with E-state index in [0.717, 1.165) is 33.4 Å². The number of ether oxygens (including phenoxy) is 3. The molecule has 0 saturated heterocycles. The molecule has 0 bridgehead atoms. The van der Waals surface area contributed by atoms with Gasteiger partial charge in [-0.15, -0.1) is 19.3 Å². The number of carbonyl (C=O) groups excluding carboxylic acids is 6. The number of nitrogens with zero attached hydrogens (tertiary/aromatic N) is 7. The molecule has 3 aliphatic rings. The van der Waals surface area contributed by atoms with Crippen LogP contribution in [0.4, 0.5) is 0 Å². The van der Waals surface area contributed by atoms with E-state index in [9.17, 15) is 28.8 Å². The number of ketones is 6. The van der Waals surface area contributed by atoms with E-state index in [1.54, 1.807) is 127 Å². The first-order chi connectivity index (χ1) is 43.7. The lowest BCUT2D eigenvalue weighted by atomic mass is 9.83. The molecule has 0 aromatic heterocycles. The predicted molar refractivity (Wildman–Crippen MR) is 337 cm³/mol. The highest BCUT2D eigenvalue weighted by molar-refractivity contribution is 6.30. The Balaban J connectivity index is 0.000000176. The zero-order chi connectivity index (χ0) is 64.5. The highest BCUT2D eigenvalue weighted by Gasteiger charge is 2.32. The third kappa shape index (κ3) is 15.8. The molecular formula is C72H53N9O9+2. The normalized spacial score (nSPS) is 11.1. The number of hydrogen-bond acceptors (Lipinski definition) is 14. The second-order valence-electron chi connectivity index (χ2n) is 19.0. The van der Waals surface area contributed by atoms with Crippen LogP contribution in [0, 0.1) is 48.1 Å². The van der Waals surface area contributed by atoms with Crippen molar-refractivity contribution in [3.05, 3.63) is 311 Å². The summed E-state index contributed by atoms with van der Waals surface area (Å²) in [5, 5.41) is 8.97. The number of azide groups is 1. The molecule has 90 heavy (non-hydrogen) atoms. The molecule has 3 aliphatic carbocycles. The molecule has 0 radical (unpaired) electrons. The Hall–Kier alpha value is -13.0. The van der Waals surface area contributed by atoms with Crippen molar-refractivity contribution in [1.29, 1.82) is 11.1 Å². The highest BCUT2D eigenvalue weighted by atomic mass is 16.5. The Morgan fingerprint density at radius 3 is 0.778 bits per heavy atom. The summed E-state index contributed by atoms with van der Waals surface area (Å²) < 4.78 is 17.3. The van der Waals surface area contributed by atoms with Gasteiger partial charge in [-0.1, -0.05) is 132 Å². The van der Waals surface area contributed by atoms with E-state index < -0.39 is 0 Å². The van der Waals surface area contributed by atoms with E-state index in [4.69, 9.17) is 50.1 Å². The first kappa shape index (κ1) is 64.6. The van der Waals surface area contributed by atoms with Gasteiger partial charge in [0.25, 0.3) is 0 Å². The van der Waals surface area contributed by atoms with Gasteiger partial charge in [0.1, 0.15) is 72.5 Å². The number of nitrogens with one attached hydrogen (secondary N) is 2. The zero-order valence-corrected chi connectivity index (χ0v) is 48.7. The maximum Gasteiger partial charge on any atom is 0.213 e. The number of rotatable bonds is 9. The molecule has 2 N–H and O–H groups in total. The van der Waals surface area contributed by atoms with Crippen molar-refractivity contribution in [3.63, 3.8) is 0 Å². The molecule has 18 heteroatoms. The molecule has 0 fully saturated rings. The molecular weight excluding hydrogens is 1130 g/mol. The topological polar surface area (TPSA) is 279 Å². The summed E-state index contributed by atoms with van der Waals surface area (Å²) in [6.07, 6.45) is 16.2. The van der Waals surface area contributed by atoms with Gasteiger partial charge in [-0.3, -0.25) is 28.8 Å². The maximum absolute atomic E-state index is 12.7. The quantitative estimate of drug-likeness (QED) is 0.0600. The van der Waals surface area contributed by atoms with Crippen LogP contribution in [0.15, 0.2) is 216 Å². The fraction of sp³-hybridized carbons (Fsp3) is 0.0833. The summed E-state index contributed by atoms with van der Waals surface area (Å²) in [6.45, 7) is 0.846. The molecule has 9 aromatic rings. The lowest BCUT2D eigenvalue weighted by molar-refractivity contribution is 0.0979. The van der Waals surface area contributed by atoms with Gasteiger partial charge < -0.3 is 14.2 Å². The van der Waals surface area contributed by atoms with E-state index in [2.05, 4.69) is 47.8 Å². The second-order valence-corrected chi connectivity index (χ2v) is 19.0. The molecule has 0 amide bonds. The van der Waals surface area contributed by atoms with Crippen molar-refractivity contribution < 1.29 is 43.0 Å². The van der Waals surface area contributed by atoms with Crippen LogP contribution in [0.25, 0.3) is 10.4 Å². The molecule has 0 atom stereocenters. The van der Waals surface area contributed by atoms with Gasteiger partial charge in [0.05, 0.1) is 0 Å². The van der Waals surface area contributed by atoms with Gasteiger partial charge in [0.15, 0.2) is 34.7 Å². The second kappa shape index (κ2) is 31.8. The highest BCUT2D eigenvalue weighted by Crippen LogP contribution is 2.32. The van der Waals surface area contributed by atoms with Gasteiger partial charge >= 0.3 is 0 Å². The lowest BCUT2D eigenvalue weighted by Crippen LogP contribution is -2.21. The number of hydrogen-bond donors (Lipinski definition) is 2. The van der Waals surface area contributed by atoms with Crippen LogP contribution in [0.1, 0.15) is 129 Å². The van der Waals surface area contributed by atoms with Crippen molar-refractivity contribution in [2.45, 2.75) is 19.8 Å². The Labute approximate surface area is 517 Å². The molecule has 12 rings (SSSR count). The van der Waals surface area contributed by atoms with Crippen LogP contribution >= 0.6 is 0 Å². The van der Waals surface area contributed by atoms with Crippen molar-refractivity contribution in [2.75, 3.05) is 21.1 Å². The Kier molecular flexibility index (Phi) is 22.8. The van der Waals surface area contributed by atoms with Gasteiger partial charge in [0, 0.05) is 95.4 Å². The smallest absolute Gasteiger partial charge is 0.213 e. The van der Waals surface area contributed by atoms with Crippen LogP contribution in [-0.2, 0) is 19.8 Å². The average Bonchev–Trinajstić information content (AvgIpc) is 0.807. The van der Waals surface area contributed by atoms with E-state index in [-0.39, 0.29) is 54.5 Å². The Morgan fingerprint density at radius 2 is 0.567 bits per heavy atom. The number of terminal acetylenes is 3. The van der Waals surface area contributed by atoms with Crippen molar-refractivity contribution in [1.82, 2.24) is 9.82 Å². The van der Waals surface area contributed by atoms with E-state index in [1.165, 1.54) is 21.1 Å². The van der Waals surface area contributed by atoms with Crippen LogP contribution in [0.2, 0.25) is 0 Å². The first-order valence-electron chi connectivity index (χ1n) is 27.1. The third-order valence-corrected chi connectivity index (χ3v) is 13.5. The van der Waals surface area contributed by atoms with Crippen LogP contribution in [0.5, 0.6) is 17.2 Å². The van der Waals surface area contributed by atoms with Crippen molar-refractivity contribution in [3.8, 4) is 54.3 Å². The molecule has 0 saturated carbocycles. The molecule has 18 nitrogen and oxygen atoms in total. The lowest BCUT2D eigenvalue weighted by Gasteiger charge is -2.18. The van der Waals surface area contributed by atoms with Gasteiger partial charge in [-0.05, 0) is 113 Å². The fourth-order valence-electron chi connectivity index (χ4n) is 9.24. The maximum atomic E-state index is 12.7. The van der Waals surface area contributed by atoms with E-state index >= 15 is 0 Å². The van der Waals surface area contributed by atoms with Crippen LogP contribution < -0.4 is 24.0 Å². The van der Waals surface area contributed by atoms with E-state index in [1.807, 2.05) is 72.8 Å². The number of benzene rings is 9. The number of fused-ring (bicyclic) bond motifs is 6. The standard InChI is InChI=1S/3C23H14O3.2CH4N3.CH3N3/c3*1-2-15-6-5-7-17(12-15)26-14-16-10-11-20-21(13-16)23(25)19-9-4-3-8-18(19)22(20)24;3*1-3-4-2/h3*1,3-13H,14H2;2*2H,1H3;1H3/q;;;2*+1;. The molecule has 0 heterocycles. The minimum Gasteiger partial charge on any atom is -0.489 e. The molecule has 9 aromatic carbocycles. The minimum atomic E-state index is -0.133. The summed E-state index contributed by atoms with van der Waals surface area (Å²) in [4.78, 5) is 83.7. The SMILES string of the molecule is C#Cc1cccc(OCc2ccc3c(c2)C(=O)c2ccccc2C3=O)c1.C#Cc1cccc(OCc2ccc3c(c2)C(=O)c2ccccc2C3=O)c1.C#Cc1cccc(OCc2ccc3c(c2)C(=O)c2ccccc2C3=O)c1.CN=[N+]=N.CN=[N+]=N.CN=[N+]=[N-]. The van der Waals surface area contributed by atoms with Gasteiger partial charge in [-0.2, -0.15) is 0 Å². The summed E-state index contributed by atoms with van der Waals surface area (Å²) in [5.74, 6) is 8.91. The summed E-state index contributed by atoms with van der Waals surface area (Å²) in [5.41, 5.74) is 29.1. The third-order valence-electron chi connectivity index (χ3n) is 13.5. The predicted octanol–water partition coefficient (Wildman–Crippen LogP) is 13.3. The Bertz CT molecular complexity index is 4110. The summed E-state index contributed by atoms with van der Waals surface area (Å²) in [7, 11) is 4.29. The van der Waals surface area contributed by atoms with Gasteiger partial charge in [0.2, 0.25) is 9.82 Å². The monoisotopic (exact) mass is 1190 g/mol. The van der Waals surface area contributed by atoms with Crippen molar-refractivity contribution in [2.24, 2.45) is 15.3 Å². The summed E-state index contributed by atoms with van der Waals surface area (Å²) in [6, 6.07) is 58.2. The summed E-state index contributed by atoms with van der Waals surface area (Å²) >= 11 is 0. The van der Waals surface area contributed by atoms with Gasteiger partial charge in [-0.25, -0.2) is 0 Å². The van der Waals surface area contributed by atoms with Crippen LogP contribution in [-0.4, -0.2) is 55.8 Å². The zero-order valence-electron chi connectivity index (χ0n) is 48.7. The molecule has 0 spiro atoms. The largest absolute Gasteiger partial charge is 0.489 e. The van der Waals surface area contributed by atoms with Crippen LogP contribution in [0.3, 0.4) is 0 Å². The Morgan fingerprint density at radius 1 is 0.344 bits per heavy atom.